The lowest BCUT2D eigenvalue weighted by atomic mass is 9.82. The predicted octanol–water partition coefficient (Wildman–Crippen LogP) is -0.723. The molecule has 0 saturated carbocycles. The Morgan fingerprint density at radius 2 is 2.11 bits per heavy atom. The Kier molecular flexibility index (Phi) is 6.26. The average molecular weight is 517 g/mol. The van der Waals surface area contributed by atoms with E-state index in [1.54, 1.807) is 6.08 Å². The van der Waals surface area contributed by atoms with Gasteiger partial charge in [-0.3, -0.25) is 19.3 Å². The van der Waals surface area contributed by atoms with Gasteiger partial charge >= 0.3 is 5.97 Å². The van der Waals surface area contributed by atoms with Crippen LogP contribution in [-0.4, -0.2) is 85.7 Å². The van der Waals surface area contributed by atoms with Crippen molar-refractivity contribution in [3.8, 4) is 0 Å². The first-order chi connectivity index (χ1) is 17.3. The first-order valence-electron chi connectivity index (χ1n) is 11.5. The summed E-state index contributed by atoms with van der Waals surface area (Å²) in [4.78, 5) is 68.6. The number of nitrogens with one attached hydrogen (secondary N) is 2. The van der Waals surface area contributed by atoms with Crippen molar-refractivity contribution in [2.45, 2.75) is 49.9 Å². The zero-order valence-electron chi connectivity index (χ0n) is 19.0. The second-order valence-corrected chi connectivity index (χ2v) is 9.83. The van der Waals surface area contributed by atoms with Gasteiger partial charge in [0.05, 0.1) is 6.04 Å². The molecule has 14 nitrogen and oxygen atoms in total. The summed E-state index contributed by atoms with van der Waals surface area (Å²) in [6.45, 7) is 2.18. The molecule has 3 fully saturated rings. The highest BCUT2D eigenvalue weighted by molar-refractivity contribution is 7.09. The van der Waals surface area contributed by atoms with Gasteiger partial charge in [-0.25, -0.2) is 9.78 Å². The van der Waals surface area contributed by atoms with Crippen LogP contribution in [0.1, 0.15) is 37.5 Å². The van der Waals surface area contributed by atoms with Gasteiger partial charge in [0.1, 0.15) is 11.7 Å². The molecule has 36 heavy (non-hydrogen) atoms. The van der Waals surface area contributed by atoms with E-state index in [0.29, 0.717) is 37.0 Å². The number of carboxylic acids is 1. The summed E-state index contributed by atoms with van der Waals surface area (Å²) in [6, 6.07) is -3.06. The Hall–Kier alpha value is -3.72. The van der Waals surface area contributed by atoms with Crippen LogP contribution in [0.15, 0.2) is 28.1 Å². The molecule has 0 spiro atoms. The molecule has 4 aliphatic heterocycles. The molecule has 0 aromatic carbocycles. The molecule has 3 saturated heterocycles. The number of nitrogens with zero attached hydrogens (tertiary/aromatic N) is 5. The molecule has 5 heterocycles. The molecule has 15 heteroatoms. The van der Waals surface area contributed by atoms with Crippen LogP contribution in [0, 0.1) is 4.91 Å². The fourth-order valence-corrected chi connectivity index (χ4v) is 5.73. The summed E-state index contributed by atoms with van der Waals surface area (Å²) >= 11 is 0.802. The van der Waals surface area contributed by atoms with Crippen LogP contribution in [0.3, 0.4) is 0 Å². The number of nitroso groups, excluding NO2 is 1. The molecule has 190 valence electrons. The van der Waals surface area contributed by atoms with E-state index in [4.69, 9.17) is 5.73 Å². The number of carbonyl (C=O) groups excluding carboxylic acids is 3. The van der Waals surface area contributed by atoms with Crippen LogP contribution in [-0.2, 0) is 19.2 Å². The number of nitrogens with two attached hydrogens (primary N) is 1. The van der Waals surface area contributed by atoms with E-state index in [-0.39, 0.29) is 28.6 Å². The fourth-order valence-electron chi connectivity index (χ4n) is 5.27. The van der Waals surface area contributed by atoms with Crippen molar-refractivity contribution >= 4 is 40.4 Å². The molecule has 0 radical (unpaired) electrons. The summed E-state index contributed by atoms with van der Waals surface area (Å²) < 4.78 is 3.82. The van der Waals surface area contributed by atoms with E-state index in [9.17, 15) is 29.2 Å². The summed E-state index contributed by atoms with van der Waals surface area (Å²) in [6.07, 6.45) is 3.68. The van der Waals surface area contributed by atoms with E-state index >= 15 is 0 Å². The normalized spacial score (nSPS) is 27.8. The van der Waals surface area contributed by atoms with Crippen molar-refractivity contribution in [1.82, 2.24) is 29.8 Å². The number of hydrogen-bond donors (Lipinski definition) is 4. The van der Waals surface area contributed by atoms with Gasteiger partial charge in [0.2, 0.25) is 11.9 Å². The number of aromatic nitrogens is 2. The number of aliphatic carboxylic acids is 1. The van der Waals surface area contributed by atoms with Gasteiger partial charge in [-0.1, -0.05) is 0 Å². The molecule has 5 rings (SSSR count). The third-order valence-electron chi connectivity index (χ3n) is 7.01. The second-order valence-electron chi connectivity index (χ2n) is 9.04. The molecule has 3 amide bonds. The molecule has 5 N–H and O–H groups in total. The lowest BCUT2D eigenvalue weighted by Crippen LogP contribution is -2.71. The molecule has 1 aromatic heterocycles. The zero-order valence-corrected chi connectivity index (χ0v) is 19.9. The van der Waals surface area contributed by atoms with Gasteiger partial charge < -0.3 is 26.4 Å². The largest absolute Gasteiger partial charge is 0.477 e. The van der Waals surface area contributed by atoms with Gasteiger partial charge in [-0.05, 0) is 49.1 Å². The molecule has 0 bridgehead atoms. The fraction of sp³-hybridized carbons (Fsp3) is 0.524. The summed E-state index contributed by atoms with van der Waals surface area (Å²) in [5.74, 6) is -3.05. The van der Waals surface area contributed by atoms with E-state index in [0.717, 1.165) is 35.9 Å². The Bertz CT molecular complexity index is 1200. The number of rotatable bonds is 7. The van der Waals surface area contributed by atoms with E-state index in [1.165, 1.54) is 0 Å². The van der Waals surface area contributed by atoms with Crippen molar-refractivity contribution in [2.24, 2.45) is 5.18 Å². The number of allylic oxidation sites excluding steroid dienone is 2. The Morgan fingerprint density at radius 3 is 2.75 bits per heavy atom. The summed E-state index contributed by atoms with van der Waals surface area (Å²) in [5.41, 5.74) is 6.24. The average Bonchev–Trinajstić information content (AvgIpc) is 3.60. The van der Waals surface area contributed by atoms with Gasteiger partial charge in [0, 0.05) is 36.2 Å². The molecule has 4 atom stereocenters. The monoisotopic (exact) mass is 516 g/mol. The van der Waals surface area contributed by atoms with Crippen molar-refractivity contribution in [1.29, 1.82) is 0 Å². The number of carbonyl (C=O) groups is 4. The molecule has 0 aliphatic carbocycles. The maximum absolute atomic E-state index is 12.9. The van der Waals surface area contributed by atoms with Crippen LogP contribution in [0.5, 0.6) is 0 Å². The highest BCUT2D eigenvalue weighted by Gasteiger charge is 2.54. The third-order valence-corrected chi connectivity index (χ3v) is 7.57. The van der Waals surface area contributed by atoms with Gasteiger partial charge in [-0.2, -0.15) is 4.37 Å². The van der Waals surface area contributed by atoms with Crippen molar-refractivity contribution < 1.29 is 24.3 Å². The number of amides is 3. The first-order valence-corrected chi connectivity index (χ1v) is 12.3. The first kappa shape index (κ1) is 24.0. The Labute approximate surface area is 208 Å². The van der Waals surface area contributed by atoms with Crippen LogP contribution in [0.25, 0.3) is 0 Å². The van der Waals surface area contributed by atoms with E-state index in [1.807, 2.05) is 4.90 Å². The number of anilines is 1. The Morgan fingerprint density at radius 1 is 1.31 bits per heavy atom. The third kappa shape index (κ3) is 4.03. The SMILES string of the molecule is Nc1nc(C(N=O)C(=O)N[C@@H]2C(=O)N3C(C(=O)O)=C(C=C4CCN(C5CCNC5)C4=O)CCC23)ns1. The highest BCUT2D eigenvalue weighted by atomic mass is 32.1. The van der Waals surface area contributed by atoms with Crippen molar-refractivity contribution in [2.75, 3.05) is 25.4 Å². The van der Waals surface area contributed by atoms with Crippen molar-refractivity contribution in [3.63, 3.8) is 0 Å². The van der Waals surface area contributed by atoms with Crippen LogP contribution in [0.4, 0.5) is 5.13 Å². The maximum Gasteiger partial charge on any atom is 0.352 e. The smallest absolute Gasteiger partial charge is 0.352 e. The van der Waals surface area contributed by atoms with Crippen LogP contribution in [0.2, 0.25) is 0 Å². The van der Waals surface area contributed by atoms with Gasteiger partial charge in [-0.15, -0.1) is 4.91 Å². The standard InChI is InChI=1S/C21H24N8O6S/c22-21-25-16(27-36-21)14(26-35)17(30)24-13-12-2-1-9(15(20(33)34)29(12)19(13)32)7-10-4-6-28(18(10)31)11-3-5-23-8-11/h7,11-14,23H,1-6,8H2,(H,24,30)(H,33,34)(H2,22,25,27)/t11?,12?,13-,14?/m0/s1. The van der Waals surface area contributed by atoms with Crippen molar-refractivity contribution in [3.05, 3.63) is 33.7 Å². The minimum Gasteiger partial charge on any atom is -0.477 e. The minimum atomic E-state index is -1.58. The number of fused-ring (bicyclic) bond motifs is 1. The minimum absolute atomic E-state index is 0.0614. The molecule has 1 aromatic rings. The lowest BCUT2D eigenvalue weighted by molar-refractivity contribution is -0.156. The molecular formula is C21H24N8O6S. The summed E-state index contributed by atoms with van der Waals surface area (Å²) in [5, 5.41) is 18.4. The molecule has 4 aliphatic rings. The highest BCUT2D eigenvalue weighted by Crippen LogP contribution is 2.38. The quantitative estimate of drug-likeness (QED) is 0.203. The lowest BCUT2D eigenvalue weighted by Gasteiger charge is -2.50. The number of carboxylic acid groups (broad SMARTS) is 1. The maximum atomic E-state index is 12.9. The molecular weight excluding hydrogens is 492 g/mol. The van der Waals surface area contributed by atoms with Crippen LogP contribution >= 0.6 is 11.5 Å². The number of β-lactam (4-membered cyclic amide) rings is 1. The second kappa shape index (κ2) is 9.39. The molecule has 3 unspecified atom stereocenters. The number of hydrogen-bond acceptors (Lipinski definition) is 11. The number of nitrogen functional groups attached to an aromatic ring is 1. The van der Waals surface area contributed by atoms with Gasteiger partial charge in [0.15, 0.2) is 11.0 Å². The predicted molar refractivity (Wildman–Crippen MR) is 125 cm³/mol. The number of likely N-dealkylation sites (tertiary alicyclic amines) is 1. The van der Waals surface area contributed by atoms with E-state index in [2.05, 4.69) is 25.2 Å². The van der Waals surface area contributed by atoms with E-state index < -0.39 is 35.9 Å². The zero-order chi connectivity index (χ0) is 25.6. The summed E-state index contributed by atoms with van der Waals surface area (Å²) in [7, 11) is 0. The Balaban J connectivity index is 1.33. The van der Waals surface area contributed by atoms with Gasteiger partial charge in [0.25, 0.3) is 11.8 Å². The topological polar surface area (TPSA) is 200 Å². The van der Waals surface area contributed by atoms with Crippen LogP contribution < -0.4 is 16.4 Å².